The molecule has 0 aromatic carbocycles. The van der Waals surface area contributed by atoms with E-state index in [4.69, 9.17) is 4.74 Å². The fraction of sp³-hybridized carbons (Fsp3) is 0.571. The van der Waals surface area contributed by atoms with Gasteiger partial charge in [0.1, 0.15) is 5.60 Å². The van der Waals surface area contributed by atoms with Gasteiger partial charge in [-0.05, 0) is 48.8 Å². The van der Waals surface area contributed by atoms with Crippen molar-refractivity contribution in [1.82, 2.24) is 15.2 Å². The number of piperazine rings is 1. The molecule has 20 heavy (non-hydrogen) atoms. The van der Waals surface area contributed by atoms with Gasteiger partial charge in [-0.25, -0.2) is 4.79 Å². The lowest BCUT2D eigenvalue weighted by atomic mass is 10.1. The van der Waals surface area contributed by atoms with Gasteiger partial charge in [0.25, 0.3) is 0 Å². The Labute approximate surface area is 127 Å². The van der Waals surface area contributed by atoms with E-state index in [2.05, 4.69) is 26.2 Å². The van der Waals surface area contributed by atoms with Crippen molar-refractivity contribution >= 4 is 22.0 Å². The van der Waals surface area contributed by atoms with E-state index in [1.165, 1.54) is 0 Å². The largest absolute Gasteiger partial charge is 0.444 e. The summed E-state index contributed by atoms with van der Waals surface area (Å²) >= 11 is 3.50. The number of nitrogens with one attached hydrogen (secondary N) is 1. The monoisotopic (exact) mass is 341 g/mol. The maximum absolute atomic E-state index is 12.1. The Kier molecular flexibility index (Phi) is 4.65. The predicted octanol–water partition coefficient (Wildman–Crippen LogP) is 2.73. The molecule has 1 aromatic rings. The average Bonchev–Trinajstić information content (AvgIpc) is 2.37. The summed E-state index contributed by atoms with van der Waals surface area (Å²) in [5, 5.41) is 3.38. The van der Waals surface area contributed by atoms with E-state index in [0.717, 1.165) is 16.7 Å². The van der Waals surface area contributed by atoms with Gasteiger partial charge in [-0.3, -0.25) is 4.98 Å². The van der Waals surface area contributed by atoms with E-state index in [9.17, 15) is 4.79 Å². The van der Waals surface area contributed by atoms with Crippen LogP contribution in [0.3, 0.4) is 0 Å². The molecule has 1 saturated heterocycles. The van der Waals surface area contributed by atoms with E-state index >= 15 is 0 Å². The number of hydrogen-bond donors (Lipinski definition) is 1. The lowest BCUT2D eigenvalue weighted by Crippen LogP contribution is -2.50. The smallest absolute Gasteiger partial charge is 0.410 e. The predicted molar refractivity (Wildman–Crippen MR) is 80.5 cm³/mol. The quantitative estimate of drug-likeness (QED) is 0.853. The van der Waals surface area contributed by atoms with E-state index in [1.807, 2.05) is 32.9 Å². The molecule has 0 radical (unpaired) electrons. The molecular weight excluding hydrogens is 322 g/mol. The molecule has 1 N–H and O–H groups in total. The zero-order chi connectivity index (χ0) is 14.8. The number of carbonyl (C=O) groups excluding carboxylic acids is 1. The third-order valence-corrected chi connectivity index (χ3v) is 3.61. The van der Waals surface area contributed by atoms with Crippen molar-refractivity contribution in [3.05, 3.63) is 28.5 Å². The maximum atomic E-state index is 12.1. The molecule has 1 aromatic heterocycles. The first-order chi connectivity index (χ1) is 9.37. The van der Waals surface area contributed by atoms with E-state index < -0.39 is 5.60 Å². The standard InChI is InChI=1S/C14H20BrN3O2/c1-14(2,3)20-13(19)18-8-7-16-11(9-18)12-10(15)5-4-6-17-12/h4-6,11,16H,7-9H2,1-3H3. The minimum atomic E-state index is -0.469. The third kappa shape index (κ3) is 3.93. The number of ether oxygens (including phenoxy) is 1. The fourth-order valence-electron chi connectivity index (χ4n) is 2.08. The normalized spacial score (nSPS) is 19.8. The van der Waals surface area contributed by atoms with Crippen molar-refractivity contribution in [1.29, 1.82) is 0 Å². The van der Waals surface area contributed by atoms with Gasteiger partial charge in [0.05, 0.1) is 11.7 Å². The summed E-state index contributed by atoms with van der Waals surface area (Å²) in [6.45, 7) is 7.56. The number of pyridine rings is 1. The summed E-state index contributed by atoms with van der Waals surface area (Å²) in [6, 6.07) is 3.85. The molecule has 1 unspecified atom stereocenters. The van der Waals surface area contributed by atoms with Crippen LogP contribution in [0.15, 0.2) is 22.8 Å². The Morgan fingerprint density at radius 1 is 1.55 bits per heavy atom. The van der Waals surface area contributed by atoms with E-state index in [-0.39, 0.29) is 12.1 Å². The van der Waals surface area contributed by atoms with Crippen molar-refractivity contribution in [3.63, 3.8) is 0 Å². The molecule has 110 valence electrons. The van der Waals surface area contributed by atoms with Crippen LogP contribution in [0.2, 0.25) is 0 Å². The lowest BCUT2D eigenvalue weighted by molar-refractivity contribution is 0.0193. The molecule has 1 fully saturated rings. The van der Waals surface area contributed by atoms with Crippen LogP contribution in [0.25, 0.3) is 0 Å². The summed E-state index contributed by atoms with van der Waals surface area (Å²) < 4.78 is 6.37. The SMILES string of the molecule is CC(C)(C)OC(=O)N1CCNC(c2ncccc2Br)C1. The zero-order valence-corrected chi connectivity index (χ0v) is 13.6. The second-order valence-corrected chi connectivity index (χ2v) is 6.66. The molecule has 2 rings (SSSR count). The Morgan fingerprint density at radius 2 is 2.30 bits per heavy atom. The Bertz CT molecular complexity index is 488. The van der Waals surface area contributed by atoms with Gasteiger partial charge >= 0.3 is 6.09 Å². The van der Waals surface area contributed by atoms with E-state index in [1.54, 1.807) is 11.1 Å². The number of carbonyl (C=O) groups is 1. The van der Waals surface area contributed by atoms with Gasteiger partial charge < -0.3 is 15.0 Å². The number of hydrogen-bond acceptors (Lipinski definition) is 4. The van der Waals surface area contributed by atoms with Crippen molar-refractivity contribution < 1.29 is 9.53 Å². The number of aromatic nitrogens is 1. The molecule has 1 amide bonds. The van der Waals surface area contributed by atoms with Crippen LogP contribution in [-0.2, 0) is 4.74 Å². The Balaban J connectivity index is 2.06. The highest BCUT2D eigenvalue weighted by Crippen LogP contribution is 2.24. The highest BCUT2D eigenvalue weighted by molar-refractivity contribution is 9.10. The second-order valence-electron chi connectivity index (χ2n) is 5.80. The van der Waals surface area contributed by atoms with Crippen molar-refractivity contribution in [2.24, 2.45) is 0 Å². The van der Waals surface area contributed by atoms with Gasteiger partial charge in [-0.1, -0.05) is 0 Å². The fourth-order valence-corrected chi connectivity index (χ4v) is 2.61. The number of amides is 1. The first kappa shape index (κ1) is 15.3. The molecule has 1 aliphatic rings. The van der Waals surface area contributed by atoms with Crippen LogP contribution in [0.4, 0.5) is 4.79 Å². The van der Waals surface area contributed by atoms with E-state index in [0.29, 0.717) is 13.1 Å². The molecule has 0 bridgehead atoms. The maximum Gasteiger partial charge on any atom is 0.410 e. The molecule has 0 saturated carbocycles. The Morgan fingerprint density at radius 3 is 2.95 bits per heavy atom. The lowest BCUT2D eigenvalue weighted by Gasteiger charge is -2.34. The summed E-state index contributed by atoms with van der Waals surface area (Å²) in [5.74, 6) is 0. The first-order valence-corrected chi connectivity index (χ1v) is 7.48. The van der Waals surface area contributed by atoms with Crippen molar-refractivity contribution in [3.8, 4) is 0 Å². The molecule has 1 atom stereocenters. The van der Waals surface area contributed by atoms with Crippen LogP contribution < -0.4 is 5.32 Å². The van der Waals surface area contributed by atoms with Gasteiger partial charge in [-0.15, -0.1) is 0 Å². The number of nitrogens with zero attached hydrogens (tertiary/aromatic N) is 2. The summed E-state index contributed by atoms with van der Waals surface area (Å²) in [7, 11) is 0. The number of halogens is 1. The molecule has 2 heterocycles. The highest BCUT2D eigenvalue weighted by atomic mass is 79.9. The molecule has 1 aliphatic heterocycles. The van der Waals surface area contributed by atoms with Crippen LogP contribution in [-0.4, -0.2) is 41.2 Å². The highest BCUT2D eigenvalue weighted by Gasteiger charge is 2.29. The summed E-state index contributed by atoms with van der Waals surface area (Å²) in [6.07, 6.45) is 1.49. The molecule has 5 nitrogen and oxygen atoms in total. The van der Waals surface area contributed by atoms with Crippen molar-refractivity contribution in [2.45, 2.75) is 32.4 Å². The average molecular weight is 342 g/mol. The van der Waals surface area contributed by atoms with Crippen LogP contribution in [0.5, 0.6) is 0 Å². The molecule has 6 heteroatoms. The third-order valence-electron chi connectivity index (χ3n) is 2.94. The molecule has 0 aliphatic carbocycles. The van der Waals surface area contributed by atoms with Gasteiger partial charge in [0.15, 0.2) is 0 Å². The second kappa shape index (κ2) is 6.10. The number of rotatable bonds is 1. The van der Waals surface area contributed by atoms with Crippen LogP contribution in [0, 0.1) is 0 Å². The van der Waals surface area contributed by atoms with Crippen LogP contribution in [0.1, 0.15) is 32.5 Å². The van der Waals surface area contributed by atoms with Crippen LogP contribution >= 0.6 is 15.9 Å². The van der Waals surface area contributed by atoms with Gasteiger partial charge in [0.2, 0.25) is 0 Å². The minimum absolute atomic E-state index is 0.0202. The Hall–Kier alpha value is -1.14. The van der Waals surface area contributed by atoms with Gasteiger partial charge in [0, 0.05) is 30.3 Å². The molecule has 0 spiro atoms. The summed E-state index contributed by atoms with van der Waals surface area (Å²) in [4.78, 5) is 18.2. The summed E-state index contributed by atoms with van der Waals surface area (Å²) in [5.41, 5.74) is 0.448. The van der Waals surface area contributed by atoms with Crippen molar-refractivity contribution in [2.75, 3.05) is 19.6 Å². The zero-order valence-electron chi connectivity index (χ0n) is 12.0. The molecular formula is C14H20BrN3O2. The first-order valence-electron chi connectivity index (χ1n) is 6.68. The minimum Gasteiger partial charge on any atom is -0.444 e. The van der Waals surface area contributed by atoms with Gasteiger partial charge in [-0.2, -0.15) is 0 Å². The topological polar surface area (TPSA) is 54.5 Å².